The highest BCUT2D eigenvalue weighted by atomic mass is 79.9. The molecular weight excluding hydrogens is 230 g/mol. The Kier molecular flexibility index (Phi) is 10.5. The fourth-order valence-electron chi connectivity index (χ4n) is 0.527. The molecule has 0 amide bonds. The van der Waals surface area contributed by atoms with E-state index < -0.39 is 0 Å². The monoisotopic (exact) mass is 243 g/mol. The fraction of sp³-hybridized carbons (Fsp3) is 0.833. The molecule has 0 fully saturated rings. The van der Waals surface area contributed by atoms with Crippen molar-refractivity contribution in [1.82, 2.24) is 5.32 Å². The minimum atomic E-state index is -0.275. The Morgan fingerprint density at radius 3 is 2.55 bits per heavy atom. The molecule has 3 nitrogen and oxygen atoms in total. The molecule has 0 aliphatic heterocycles. The third-order valence-electron chi connectivity index (χ3n) is 1.10. The predicted molar refractivity (Wildman–Crippen MR) is 53.7 cm³/mol. The number of nitrogens with one attached hydrogen (secondary N) is 1. The molecule has 0 spiro atoms. The lowest BCUT2D eigenvalue weighted by atomic mass is 10.3. The van der Waals surface area contributed by atoms with Gasteiger partial charge in [-0.3, -0.25) is 4.79 Å². The highest BCUT2D eigenvalue weighted by molar-refractivity contribution is 8.93. The van der Waals surface area contributed by atoms with E-state index in [9.17, 15) is 4.79 Å². The van der Waals surface area contributed by atoms with Crippen LogP contribution in [0.2, 0.25) is 0 Å². The lowest BCUT2D eigenvalue weighted by Crippen LogP contribution is -2.37. The van der Waals surface area contributed by atoms with Gasteiger partial charge in [0.1, 0.15) is 6.04 Å². The first-order chi connectivity index (χ1) is 4.76. The van der Waals surface area contributed by atoms with Gasteiger partial charge in [-0.2, -0.15) is 12.6 Å². The lowest BCUT2D eigenvalue weighted by molar-refractivity contribution is -0.144. The maximum absolute atomic E-state index is 10.9. The van der Waals surface area contributed by atoms with Gasteiger partial charge in [-0.1, -0.05) is 0 Å². The average Bonchev–Trinajstić information content (AvgIpc) is 1.91. The Morgan fingerprint density at radius 1 is 1.73 bits per heavy atom. The van der Waals surface area contributed by atoms with E-state index in [0.29, 0.717) is 12.4 Å². The normalized spacial score (nSPS) is 11.5. The van der Waals surface area contributed by atoms with E-state index in [1.807, 2.05) is 0 Å². The van der Waals surface area contributed by atoms with Gasteiger partial charge in [-0.25, -0.2) is 0 Å². The van der Waals surface area contributed by atoms with Crippen LogP contribution >= 0.6 is 29.6 Å². The summed E-state index contributed by atoms with van der Waals surface area (Å²) in [6, 6.07) is -0.275. The van der Waals surface area contributed by atoms with Crippen LogP contribution in [0.15, 0.2) is 0 Å². The van der Waals surface area contributed by atoms with Crippen LogP contribution < -0.4 is 5.32 Å². The number of halogens is 1. The number of carbonyl (C=O) groups excluding carboxylic acids is 1. The number of rotatable bonds is 4. The molecule has 1 N–H and O–H groups in total. The standard InChI is InChI=1S/C6H13NO2S.BrH/c1-3-9-6(8)5(4-10)7-2;/h5,7,10H,3-4H2,1-2H3;1H/t5-;/m0./s1. The van der Waals surface area contributed by atoms with Crippen LogP contribution in [0.3, 0.4) is 0 Å². The van der Waals surface area contributed by atoms with Gasteiger partial charge in [0.2, 0.25) is 0 Å². The molecule has 0 heterocycles. The van der Waals surface area contributed by atoms with Gasteiger partial charge in [0.15, 0.2) is 0 Å². The van der Waals surface area contributed by atoms with Crippen LogP contribution in [-0.4, -0.2) is 31.4 Å². The topological polar surface area (TPSA) is 38.3 Å². The van der Waals surface area contributed by atoms with Gasteiger partial charge in [-0.15, -0.1) is 17.0 Å². The highest BCUT2D eigenvalue weighted by Crippen LogP contribution is 1.90. The zero-order chi connectivity index (χ0) is 7.98. The van der Waals surface area contributed by atoms with Crippen LogP contribution in [0.5, 0.6) is 0 Å². The van der Waals surface area contributed by atoms with Crippen LogP contribution in [0, 0.1) is 0 Å². The van der Waals surface area contributed by atoms with Crippen molar-refractivity contribution in [1.29, 1.82) is 0 Å². The van der Waals surface area contributed by atoms with Crippen molar-refractivity contribution in [3.8, 4) is 0 Å². The molecule has 0 aromatic carbocycles. The summed E-state index contributed by atoms with van der Waals surface area (Å²) in [6.45, 7) is 2.20. The van der Waals surface area contributed by atoms with Crippen molar-refractivity contribution in [3.63, 3.8) is 0 Å². The van der Waals surface area contributed by atoms with E-state index in [4.69, 9.17) is 4.74 Å². The maximum atomic E-state index is 10.9. The molecule has 0 aromatic rings. The Balaban J connectivity index is 0. The summed E-state index contributed by atoms with van der Waals surface area (Å²) in [7, 11) is 1.71. The minimum Gasteiger partial charge on any atom is -0.465 e. The molecule has 0 saturated heterocycles. The number of hydrogen-bond acceptors (Lipinski definition) is 4. The molecule has 0 radical (unpaired) electrons. The zero-order valence-corrected chi connectivity index (χ0v) is 9.27. The summed E-state index contributed by atoms with van der Waals surface area (Å²) in [6.07, 6.45) is 0. The van der Waals surface area contributed by atoms with E-state index in [1.54, 1.807) is 14.0 Å². The van der Waals surface area contributed by atoms with E-state index >= 15 is 0 Å². The molecule has 0 aromatic heterocycles. The largest absolute Gasteiger partial charge is 0.465 e. The first-order valence-corrected chi connectivity index (χ1v) is 3.84. The van der Waals surface area contributed by atoms with Crippen molar-refractivity contribution >= 4 is 35.6 Å². The third-order valence-corrected chi connectivity index (χ3v) is 1.47. The Morgan fingerprint density at radius 2 is 2.27 bits per heavy atom. The Bertz CT molecular complexity index is 109. The number of carbonyl (C=O) groups is 1. The number of ether oxygens (including phenoxy) is 1. The fourth-order valence-corrected chi connectivity index (χ4v) is 0.858. The molecule has 0 unspecified atom stereocenters. The van der Waals surface area contributed by atoms with E-state index in [2.05, 4.69) is 17.9 Å². The molecule has 1 atom stereocenters. The zero-order valence-electron chi connectivity index (χ0n) is 6.66. The summed E-state index contributed by atoms with van der Waals surface area (Å²) in [5.41, 5.74) is 0. The number of likely N-dealkylation sites (N-methyl/N-ethyl adjacent to an activating group) is 1. The van der Waals surface area contributed by atoms with Crippen molar-refractivity contribution in [3.05, 3.63) is 0 Å². The molecule has 11 heavy (non-hydrogen) atoms. The minimum absolute atomic E-state index is 0. The van der Waals surface area contributed by atoms with Gasteiger partial charge in [0.05, 0.1) is 6.61 Å². The first-order valence-electron chi connectivity index (χ1n) is 3.21. The Hall–Kier alpha value is 0.260. The molecule has 0 rings (SSSR count). The summed E-state index contributed by atoms with van der Waals surface area (Å²) < 4.78 is 4.74. The summed E-state index contributed by atoms with van der Waals surface area (Å²) in [5.74, 6) is 0.231. The van der Waals surface area contributed by atoms with Crippen molar-refractivity contribution < 1.29 is 9.53 Å². The molecule has 0 saturated carbocycles. The Labute approximate surface area is 83.1 Å². The lowest BCUT2D eigenvalue weighted by Gasteiger charge is -2.10. The third kappa shape index (κ3) is 5.52. The number of thiol groups is 1. The molecule has 0 bridgehead atoms. The van der Waals surface area contributed by atoms with Gasteiger partial charge in [0, 0.05) is 5.75 Å². The van der Waals surface area contributed by atoms with Crippen molar-refractivity contribution in [2.45, 2.75) is 13.0 Å². The summed E-state index contributed by atoms with van der Waals surface area (Å²) in [5, 5.41) is 2.79. The van der Waals surface area contributed by atoms with Crippen LogP contribution in [-0.2, 0) is 9.53 Å². The molecular formula is C6H14BrNO2S. The van der Waals surface area contributed by atoms with Crippen molar-refractivity contribution in [2.75, 3.05) is 19.4 Å². The van der Waals surface area contributed by atoms with Crippen LogP contribution in [0.25, 0.3) is 0 Å². The predicted octanol–water partition coefficient (Wildman–Crippen LogP) is 0.645. The molecule has 0 aliphatic carbocycles. The van der Waals surface area contributed by atoms with Crippen LogP contribution in [0.1, 0.15) is 6.92 Å². The first kappa shape index (κ1) is 13.8. The molecule has 5 heteroatoms. The van der Waals surface area contributed by atoms with E-state index in [0.717, 1.165) is 0 Å². The number of hydrogen-bond donors (Lipinski definition) is 2. The highest BCUT2D eigenvalue weighted by Gasteiger charge is 2.14. The van der Waals surface area contributed by atoms with Crippen LogP contribution in [0.4, 0.5) is 0 Å². The van der Waals surface area contributed by atoms with E-state index in [1.165, 1.54) is 0 Å². The average molecular weight is 244 g/mol. The van der Waals surface area contributed by atoms with Gasteiger partial charge >= 0.3 is 5.97 Å². The quantitative estimate of drug-likeness (QED) is 0.563. The molecule has 68 valence electrons. The second-order valence-electron chi connectivity index (χ2n) is 1.78. The van der Waals surface area contributed by atoms with Gasteiger partial charge in [0.25, 0.3) is 0 Å². The maximum Gasteiger partial charge on any atom is 0.323 e. The second-order valence-corrected chi connectivity index (χ2v) is 2.14. The summed E-state index contributed by atoms with van der Waals surface area (Å²) >= 11 is 3.96. The SMILES string of the molecule is Br.CCOC(=O)[C@H](CS)NC. The second kappa shape index (κ2) is 8.36. The molecule has 0 aliphatic rings. The van der Waals surface area contributed by atoms with Crippen molar-refractivity contribution in [2.24, 2.45) is 0 Å². The number of esters is 1. The van der Waals surface area contributed by atoms with E-state index in [-0.39, 0.29) is 29.0 Å². The smallest absolute Gasteiger partial charge is 0.323 e. The van der Waals surface area contributed by atoms with Gasteiger partial charge in [-0.05, 0) is 14.0 Å². The van der Waals surface area contributed by atoms with Gasteiger partial charge < -0.3 is 10.1 Å². The summed E-state index contributed by atoms with van der Waals surface area (Å²) in [4.78, 5) is 10.9.